The van der Waals surface area contributed by atoms with E-state index in [9.17, 15) is 0 Å². The fourth-order valence-corrected chi connectivity index (χ4v) is 3.31. The summed E-state index contributed by atoms with van der Waals surface area (Å²) < 4.78 is 6.68. The molecule has 0 amide bonds. The van der Waals surface area contributed by atoms with Crippen LogP contribution in [0.15, 0.2) is 48.3 Å². The third-order valence-electron chi connectivity index (χ3n) is 4.40. The lowest BCUT2D eigenvalue weighted by molar-refractivity contribution is 0.164. The van der Waals surface area contributed by atoms with Crippen molar-refractivity contribution in [3.8, 4) is 0 Å². The van der Waals surface area contributed by atoms with Gasteiger partial charge in [-0.2, -0.15) is 0 Å². The van der Waals surface area contributed by atoms with Crippen molar-refractivity contribution < 1.29 is 4.74 Å². The fraction of sp³-hybridized carbons (Fsp3) is 0.526. The first kappa shape index (κ1) is 18.5. The van der Waals surface area contributed by atoms with Crippen molar-refractivity contribution in [3.63, 3.8) is 0 Å². The predicted octanol–water partition coefficient (Wildman–Crippen LogP) is 4.71. The highest BCUT2D eigenvalue weighted by molar-refractivity contribution is 8.11. The highest BCUT2D eigenvalue weighted by Gasteiger charge is 2.16. The van der Waals surface area contributed by atoms with E-state index in [1.54, 1.807) is 0 Å². The van der Waals surface area contributed by atoms with Crippen LogP contribution in [0, 0.1) is 5.92 Å². The van der Waals surface area contributed by atoms with E-state index in [0.717, 1.165) is 34.9 Å². The highest BCUT2D eigenvalue weighted by Crippen LogP contribution is 2.21. The zero-order valence-electron chi connectivity index (χ0n) is 13.9. The second kappa shape index (κ2) is 9.45. The van der Waals surface area contributed by atoms with Crippen LogP contribution in [0.2, 0.25) is 0 Å². The molecule has 1 aliphatic heterocycles. The van der Waals surface area contributed by atoms with E-state index in [4.69, 9.17) is 17.0 Å². The van der Waals surface area contributed by atoms with Gasteiger partial charge in [0.2, 0.25) is 0 Å². The summed E-state index contributed by atoms with van der Waals surface area (Å²) in [6.45, 7) is 9.62. The Balaban J connectivity index is 1.88. The number of thiocarbonyl (C=S) groups is 1. The Bertz CT molecular complexity index is 515. The Morgan fingerprint density at radius 2 is 2.17 bits per heavy atom. The summed E-state index contributed by atoms with van der Waals surface area (Å²) in [5, 5.41) is 0. The zero-order valence-corrected chi connectivity index (χ0v) is 15.6. The summed E-state index contributed by atoms with van der Waals surface area (Å²) >= 11 is 9.75. The van der Waals surface area contributed by atoms with Gasteiger partial charge in [-0.25, -0.2) is 0 Å². The van der Waals surface area contributed by atoms with Crippen molar-refractivity contribution in [2.75, 3.05) is 19.6 Å². The van der Waals surface area contributed by atoms with Gasteiger partial charge in [-0.05, 0) is 57.5 Å². The van der Waals surface area contributed by atoms with Crippen LogP contribution in [0.25, 0.3) is 0 Å². The molecule has 126 valence electrons. The number of hydrogen-bond donors (Lipinski definition) is 1. The number of likely N-dealkylation sites (tertiary alicyclic amines) is 1. The Kier molecular flexibility index (Phi) is 7.60. The third-order valence-corrected chi connectivity index (χ3v) is 5.03. The molecule has 23 heavy (non-hydrogen) atoms. The van der Waals surface area contributed by atoms with E-state index >= 15 is 0 Å². The summed E-state index contributed by atoms with van der Waals surface area (Å²) in [6.07, 6.45) is 15.0. The van der Waals surface area contributed by atoms with E-state index in [0.29, 0.717) is 0 Å². The monoisotopic (exact) mass is 349 g/mol. The van der Waals surface area contributed by atoms with Crippen LogP contribution in [0.5, 0.6) is 0 Å². The minimum Gasteiger partial charge on any atom is -0.486 e. The van der Waals surface area contributed by atoms with Gasteiger partial charge in [-0.15, -0.1) is 12.6 Å². The normalized spacial score (nSPS) is 23.0. The molecule has 0 aromatic heterocycles. The van der Waals surface area contributed by atoms with Crippen LogP contribution in [-0.4, -0.2) is 34.8 Å². The topological polar surface area (TPSA) is 12.5 Å². The SMILES string of the molecule is C=C(OC1C=CC=CC1)C(C)=CC(CCN1CCCC1)C(=S)S. The molecule has 2 rings (SSSR count). The molecule has 1 saturated heterocycles. The van der Waals surface area contributed by atoms with Gasteiger partial charge in [0, 0.05) is 12.3 Å². The van der Waals surface area contributed by atoms with Gasteiger partial charge >= 0.3 is 0 Å². The van der Waals surface area contributed by atoms with E-state index in [1.165, 1.54) is 25.9 Å². The quantitative estimate of drug-likeness (QED) is 0.295. The number of hydrogen-bond acceptors (Lipinski definition) is 3. The molecular formula is C19H27NOS2. The molecule has 1 heterocycles. The molecule has 1 aliphatic carbocycles. The molecule has 2 aliphatic rings. The van der Waals surface area contributed by atoms with E-state index in [1.807, 2.05) is 19.1 Å². The molecule has 2 atom stereocenters. The maximum absolute atomic E-state index is 5.93. The summed E-state index contributed by atoms with van der Waals surface area (Å²) in [7, 11) is 0. The first-order valence-corrected chi connectivity index (χ1v) is 9.24. The average Bonchev–Trinajstić information content (AvgIpc) is 3.05. The molecule has 0 N–H and O–H groups in total. The maximum Gasteiger partial charge on any atom is 0.121 e. The van der Waals surface area contributed by atoms with Crippen LogP contribution < -0.4 is 0 Å². The average molecular weight is 350 g/mol. The Morgan fingerprint density at radius 1 is 1.43 bits per heavy atom. The minimum absolute atomic E-state index is 0.0850. The van der Waals surface area contributed by atoms with Gasteiger partial charge in [0.05, 0.1) is 4.20 Å². The van der Waals surface area contributed by atoms with Gasteiger partial charge in [0.25, 0.3) is 0 Å². The molecule has 0 radical (unpaired) electrons. The molecule has 0 bridgehead atoms. The zero-order chi connectivity index (χ0) is 16.7. The maximum atomic E-state index is 5.93. The summed E-state index contributed by atoms with van der Waals surface area (Å²) in [5.74, 6) is 0.918. The molecule has 2 nitrogen and oxygen atoms in total. The van der Waals surface area contributed by atoms with Crippen molar-refractivity contribution in [1.29, 1.82) is 0 Å². The Morgan fingerprint density at radius 3 is 2.78 bits per heavy atom. The number of rotatable bonds is 8. The van der Waals surface area contributed by atoms with Crippen LogP contribution in [0.3, 0.4) is 0 Å². The summed E-state index contributed by atoms with van der Waals surface area (Å²) in [6, 6.07) is 0. The van der Waals surface area contributed by atoms with E-state index in [-0.39, 0.29) is 12.0 Å². The second-order valence-corrected chi connectivity index (χ2v) is 7.48. The lowest BCUT2D eigenvalue weighted by Gasteiger charge is -2.21. The fourth-order valence-electron chi connectivity index (χ4n) is 2.92. The molecule has 0 spiro atoms. The van der Waals surface area contributed by atoms with E-state index in [2.05, 4.69) is 42.3 Å². The molecule has 1 fully saturated rings. The standard InChI is InChI=1S/C19H27NOS2/c1-15(16(2)21-18-8-4-3-5-9-18)14-17(19(22)23)10-13-20-11-6-7-12-20/h3-5,8,14,17-18H,2,6-7,9-13H2,1H3,(H,22,23). The molecule has 2 unspecified atom stereocenters. The minimum atomic E-state index is 0.0850. The van der Waals surface area contributed by atoms with Crippen molar-refractivity contribution >= 4 is 29.0 Å². The van der Waals surface area contributed by atoms with Crippen molar-refractivity contribution in [2.45, 2.75) is 38.7 Å². The number of thiol groups is 1. The lowest BCUT2D eigenvalue weighted by atomic mass is 10.0. The van der Waals surface area contributed by atoms with Gasteiger partial charge in [-0.3, -0.25) is 0 Å². The molecule has 0 aromatic carbocycles. The lowest BCUT2D eigenvalue weighted by Crippen LogP contribution is -2.23. The second-order valence-electron chi connectivity index (χ2n) is 6.26. The number of allylic oxidation sites excluding steroid dienone is 4. The van der Waals surface area contributed by atoms with Crippen LogP contribution in [-0.2, 0) is 4.74 Å². The number of ether oxygens (including phenoxy) is 1. The Labute approximate surface area is 151 Å². The van der Waals surface area contributed by atoms with Gasteiger partial charge in [-0.1, -0.05) is 43.1 Å². The third kappa shape index (κ3) is 6.28. The molecule has 4 heteroatoms. The van der Waals surface area contributed by atoms with Crippen LogP contribution in [0.4, 0.5) is 0 Å². The van der Waals surface area contributed by atoms with Crippen molar-refractivity contribution in [2.24, 2.45) is 5.92 Å². The van der Waals surface area contributed by atoms with Crippen molar-refractivity contribution in [3.05, 3.63) is 48.3 Å². The largest absolute Gasteiger partial charge is 0.486 e. The first-order chi connectivity index (χ1) is 11.1. The first-order valence-electron chi connectivity index (χ1n) is 8.39. The van der Waals surface area contributed by atoms with Gasteiger partial charge in [0.15, 0.2) is 0 Å². The van der Waals surface area contributed by atoms with Crippen LogP contribution in [0.1, 0.15) is 32.6 Å². The van der Waals surface area contributed by atoms with Gasteiger partial charge < -0.3 is 9.64 Å². The summed E-state index contributed by atoms with van der Waals surface area (Å²) in [4.78, 5) is 2.51. The summed E-state index contributed by atoms with van der Waals surface area (Å²) in [5.41, 5.74) is 1.05. The van der Waals surface area contributed by atoms with Crippen LogP contribution >= 0.6 is 24.8 Å². The van der Waals surface area contributed by atoms with Crippen molar-refractivity contribution in [1.82, 2.24) is 4.90 Å². The number of nitrogens with zero attached hydrogens (tertiary/aromatic N) is 1. The predicted molar refractivity (Wildman–Crippen MR) is 106 cm³/mol. The smallest absolute Gasteiger partial charge is 0.121 e. The highest BCUT2D eigenvalue weighted by atomic mass is 32.1. The molecule has 0 saturated carbocycles. The van der Waals surface area contributed by atoms with Gasteiger partial charge in [0.1, 0.15) is 11.9 Å². The van der Waals surface area contributed by atoms with E-state index < -0.39 is 0 Å². The Hall–Kier alpha value is -0.840. The molecule has 0 aromatic rings. The molecular weight excluding hydrogens is 322 g/mol.